The van der Waals surface area contributed by atoms with Gasteiger partial charge in [-0.2, -0.15) is 0 Å². The molecule has 2 aliphatic rings. The molecule has 2 unspecified atom stereocenters. The Bertz CT molecular complexity index is 615. The molecule has 1 spiro atoms. The van der Waals surface area contributed by atoms with Crippen molar-refractivity contribution >= 4 is 11.9 Å². The average Bonchev–Trinajstić information content (AvgIpc) is 2.75. The van der Waals surface area contributed by atoms with E-state index < -0.39 is 41.6 Å². The van der Waals surface area contributed by atoms with Gasteiger partial charge in [-0.3, -0.25) is 0 Å². The lowest BCUT2D eigenvalue weighted by atomic mass is 9.85. The van der Waals surface area contributed by atoms with Gasteiger partial charge in [-0.25, -0.2) is 27.7 Å². The standard InChI is InChI=1S/C14H12F3NO4/c1-2-18-6-10(14(18)21-12(19)13(20)22-14)11(17)7-3-8(15)5-9(16)4-7/h3-5,10-11H,2,6H2,1H3. The zero-order chi connectivity index (χ0) is 16.1. The van der Waals surface area contributed by atoms with Crippen molar-refractivity contribution in [1.82, 2.24) is 4.90 Å². The van der Waals surface area contributed by atoms with E-state index in [1.807, 2.05) is 0 Å². The summed E-state index contributed by atoms with van der Waals surface area (Å²) in [7, 11) is 0. The lowest BCUT2D eigenvalue weighted by molar-refractivity contribution is -0.346. The van der Waals surface area contributed by atoms with Crippen LogP contribution in [0.1, 0.15) is 18.7 Å². The Balaban J connectivity index is 1.91. The van der Waals surface area contributed by atoms with E-state index in [4.69, 9.17) is 9.47 Å². The van der Waals surface area contributed by atoms with Gasteiger partial charge in [0, 0.05) is 19.2 Å². The Morgan fingerprint density at radius 2 is 1.77 bits per heavy atom. The molecule has 2 fully saturated rings. The van der Waals surface area contributed by atoms with Gasteiger partial charge in [-0.05, 0) is 17.7 Å². The van der Waals surface area contributed by atoms with Crippen LogP contribution in [0.4, 0.5) is 13.2 Å². The molecule has 118 valence electrons. The van der Waals surface area contributed by atoms with Gasteiger partial charge in [0.25, 0.3) is 0 Å². The third kappa shape index (κ3) is 2.06. The Morgan fingerprint density at radius 1 is 1.23 bits per heavy atom. The second-order valence-corrected chi connectivity index (χ2v) is 5.16. The molecule has 1 aromatic carbocycles. The van der Waals surface area contributed by atoms with E-state index in [-0.39, 0.29) is 12.1 Å². The fourth-order valence-corrected chi connectivity index (χ4v) is 2.85. The molecule has 22 heavy (non-hydrogen) atoms. The Kier molecular flexibility index (Phi) is 3.36. The van der Waals surface area contributed by atoms with Crippen LogP contribution in [0, 0.1) is 17.6 Å². The molecule has 2 atom stereocenters. The van der Waals surface area contributed by atoms with E-state index in [0.29, 0.717) is 12.6 Å². The number of carbonyl (C=O) groups excluding carboxylic acids is 2. The molecule has 0 bridgehead atoms. The van der Waals surface area contributed by atoms with Gasteiger partial charge in [0.1, 0.15) is 23.7 Å². The first kappa shape index (κ1) is 14.8. The number of halogens is 3. The van der Waals surface area contributed by atoms with Crippen LogP contribution in [-0.2, 0) is 19.1 Å². The number of esters is 2. The van der Waals surface area contributed by atoms with Crippen molar-refractivity contribution in [3.8, 4) is 0 Å². The second kappa shape index (κ2) is 4.98. The first-order chi connectivity index (χ1) is 10.4. The largest absolute Gasteiger partial charge is 0.421 e. The van der Waals surface area contributed by atoms with E-state index in [1.165, 1.54) is 4.90 Å². The first-order valence-electron chi connectivity index (χ1n) is 6.69. The summed E-state index contributed by atoms with van der Waals surface area (Å²) in [5.41, 5.74) is -0.239. The predicted octanol–water partition coefficient (Wildman–Crippen LogP) is 1.68. The molecule has 8 heteroatoms. The summed E-state index contributed by atoms with van der Waals surface area (Å²) in [5, 5.41) is 0. The summed E-state index contributed by atoms with van der Waals surface area (Å²) in [6.07, 6.45) is -1.85. The minimum atomic E-state index is -1.85. The van der Waals surface area contributed by atoms with E-state index in [0.717, 1.165) is 12.1 Å². The van der Waals surface area contributed by atoms with Crippen molar-refractivity contribution in [1.29, 1.82) is 0 Å². The molecule has 0 aliphatic carbocycles. The van der Waals surface area contributed by atoms with Crippen molar-refractivity contribution in [3.63, 3.8) is 0 Å². The summed E-state index contributed by atoms with van der Waals surface area (Å²) in [6.45, 7) is 2.19. The van der Waals surface area contributed by atoms with E-state index in [9.17, 15) is 22.8 Å². The highest BCUT2D eigenvalue weighted by Crippen LogP contribution is 2.49. The molecule has 0 amide bonds. The highest BCUT2D eigenvalue weighted by molar-refractivity contribution is 6.31. The number of hydrogen-bond acceptors (Lipinski definition) is 5. The average molecular weight is 315 g/mol. The zero-order valence-electron chi connectivity index (χ0n) is 11.5. The number of rotatable bonds is 3. The molecule has 0 aromatic heterocycles. The van der Waals surface area contributed by atoms with Gasteiger partial charge in [-0.1, -0.05) is 6.92 Å². The van der Waals surface area contributed by atoms with E-state index in [2.05, 4.69) is 0 Å². The molecule has 0 N–H and O–H groups in total. The molecular formula is C14H12F3NO4. The summed E-state index contributed by atoms with van der Waals surface area (Å²) in [5.74, 6) is -7.13. The number of alkyl halides is 1. The van der Waals surface area contributed by atoms with Crippen LogP contribution in [0.25, 0.3) is 0 Å². The Hall–Kier alpha value is -2.09. The van der Waals surface area contributed by atoms with Gasteiger partial charge >= 0.3 is 17.8 Å². The maximum absolute atomic E-state index is 14.7. The first-order valence-corrected chi connectivity index (χ1v) is 6.69. The smallest absolute Gasteiger partial charge is 0.399 e. The highest BCUT2D eigenvalue weighted by Gasteiger charge is 2.67. The van der Waals surface area contributed by atoms with Gasteiger partial charge in [0.05, 0.1) is 0 Å². The van der Waals surface area contributed by atoms with Gasteiger partial charge in [-0.15, -0.1) is 0 Å². The number of likely N-dealkylation sites (tertiary alicyclic amines) is 1. The van der Waals surface area contributed by atoms with E-state index in [1.54, 1.807) is 6.92 Å². The van der Waals surface area contributed by atoms with Crippen LogP contribution < -0.4 is 0 Å². The molecule has 1 aromatic rings. The maximum Gasteiger partial charge on any atom is 0.421 e. The van der Waals surface area contributed by atoms with Crippen molar-refractivity contribution in [2.45, 2.75) is 19.0 Å². The summed E-state index contributed by atoms with van der Waals surface area (Å²) in [4.78, 5) is 24.0. The minimum Gasteiger partial charge on any atom is -0.399 e. The number of nitrogens with zero attached hydrogens (tertiary/aromatic N) is 1. The normalized spacial score (nSPS) is 24.8. The summed E-state index contributed by atoms with van der Waals surface area (Å²) >= 11 is 0. The van der Waals surface area contributed by atoms with Gasteiger partial charge < -0.3 is 9.47 Å². The summed E-state index contributed by atoms with van der Waals surface area (Å²) in [6, 6.07) is 2.34. The van der Waals surface area contributed by atoms with Crippen LogP contribution in [0.5, 0.6) is 0 Å². The quantitative estimate of drug-likeness (QED) is 0.627. The molecule has 3 rings (SSSR count). The fourth-order valence-electron chi connectivity index (χ4n) is 2.85. The van der Waals surface area contributed by atoms with Crippen LogP contribution in [0.15, 0.2) is 18.2 Å². The van der Waals surface area contributed by atoms with Crippen molar-refractivity contribution < 1.29 is 32.2 Å². The minimum absolute atomic E-state index is 0.121. The van der Waals surface area contributed by atoms with Crippen LogP contribution in [0.2, 0.25) is 0 Å². The van der Waals surface area contributed by atoms with Crippen LogP contribution in [-0.4, -0.2) is 35.8 Å². The summed E-state index contributed by atoms with van der Waals surface area (Å²) < 4.78 is 50.9. The highest BCUT2D eigenvalue weighted by atomic mass is 19.1. The molecule has 5 nitrogen and oxygen atoms in total. The zero-order valence-corrected chi connectivity index (χ0v) is 11.5. The second-order valence-electron chi connectivity index (χ2n) is 5.16. The lowest BCUT2D eigenvalue weighted by Crippen LogP contribution is -2.69. The molecular weight excluding hydrogens is 303 g/mol. The number of hydrogen-bond donors (Lipinski definition) is 0. The van der Waals surface area contributed by atoms with Crippen LogP contribution >= 0.6 is 0 Å². The maximum atomic E-state index is 14.7. The van der Waals surface area contributed by atoms with Crippen molar-refractivity contribution in [2.75, 3.05) is 13.1 Å². The van der Waals surface area contributed by atoms with Crippen molar-refractivity contribution in [3.05, 3.63) is 35.4 Å². The topological polar surface area (TPSA) is 55.8 Å². The fraction of sp³-hybridized carbons (Fsp3) is 0.429. The third-order valence-electron chi connectivity index (χ3n) is 3.91. The molecule has 0 saturated carbocycles. The molecule has 2 aliphatic heterocycles. The number of ether oxygens (including phenoxy) is 2. The monoisotopic (exact) mass is 315 g/mol. The molecule has 2 heterocycles. The lowest BCUT2D eigenvalue weighted by Gasteiger charge is -2.52. The van der Waals surface area contributed by atoms with Gasteiger partial charge in [0.2, 0.25) is 0 Å². The van der Waals surface area contributed by atoms with Gasteiger partial charge in [0.15, 0.2) is 0 Å². The van der Waals surface area contributed by atoms with Crippen LogP contribution in [0.3, 0.4) is 0 Å². The third-order valence-corrected chi connectivity index (χ3v) is 3.91. The Labute approximate surface area is 123 Å². The SMILES string of the molecule is CCN1CC(C(F)c2cc(F)cc(F)c2)C12OC(=O)C(=O)O2. The van der Waals surface area contributed by atoms with Crippen molar-refractivity contribution in [2.24, 2.45) is 5.92 Å². The number of carbonyl (C=O) groups is 2. The Morgan fingerprint density at radius 3 is 2.27 bits per heavy atom. The van der Waals surface area contributed by atoms with E-state index >= 15 is 0 Å². The molecule has 0 radical (unpaired) electrons. The molecule has 2 saturated heterocycles. The number of benzene rings is 1. The predicted molar refractivity (Wildman–Crippen MR) is 65.9 cm³/mol.